The summed E-state index contributed by atoms with van der Waals surface area (Å²) in [5.41, 5.74) is 1.75. The van der Waals surface area contributed by atoms with Gasteiger partial charge in [-0.25, -0.2) is 0 Å². The molecule has 2 aromatic carbocycles. The Morgan fingerprint density at radius 2 is 1.38 bits per heavy atom. The van der Waals surface area contributed by atoms with Crippen molar-refractivity contribution in [3.8, 4) is 23.3 Å². The first kappa shape index (κ1) is 36.0. The molecule has 1 unspecified atom stereocenters. The molecule has 0 bridgehead atoms. The first-order valence-electron chi connectivity index (χ1n) is 16.7. The van der Waals surface area contributed by atoms with Crippen molar-refractivity contribution >= 4 is 17.6 Å². The van der Waals surface area contributed by atoms with Gasteiger partial charge in [0.15, 0.2) is 11.5 Å². The minimum Gasteiger partial charge on any atom is -0.494 e. The Morgan fingerprint density at radius 3 is 1.96 bits per heavy atom. The molecular weight excluding hydrogens is 562 g/mol. The van der Waals surface area contributed by atoms with Crippen LogP contribution in [0.25, 0.3) is 11.6 Å². The van der Waals surface area contributed by atoms with Gasteiger partial charge >= 0.3 is 5.97 Å². The van der Waals surface area contributed by atoms with Crippen molar-refractivity contribution < 1.29 is 23.7 Å². The summed E-state index contributed by atoms with van der Waals surface area (Å²) in [5, 5.41) is 9.68. The number of benzene rings is 2. The monoisotopic (exact) mass is 617 g/mol. The molecule has 3 rings (SSSR count). The minimum atomic E-state index is -0.488. The maximum atomic E-state index is 13.0. The summed E-state index contributed by atoms with van der Waals surface area (Å²) in [5.74, 6) is 2.17. The molecule has 1 aliphatic rings. The standard InChI is InChI=1S/C39H55NO5/c1-37(2,3)28-39(7,38(4,5)6)36(41)43-24-16-14-12-10-8-9-11-13-15-23-42-33-20-17-30(18-21-33)25-32(27-40)31-19-22-34-35(26-31)45-29-44-34/h17-22,25-26H,8-16,23-24,28-29H2,1-7H3. The molecule has 0 saturated carbocycles. The fourth-order valence-electron chi connectivity index (χ4n) is 5.73. The van der Waals surface area contributed by atoms with Crippen LogP contribution in [0.4, 0.5) is 0 Å². The summed E-state index contributed by atoms with van der Waals surface area (Å²) in [7, 11) is 0. The van der Waals surface area contributed by atoms with Crippen LogP contribution in [-0.4, -0.2) is 26.0 Å². The van der Waals surface area contributed by atoms with Crippen molar-refractivity contribution in [1.82, 2.24) is 0 Å². The van der Waals surface area contributed by atoms with Crippen LogP contribution in [0.5, 0.6) is 17.2 Å². The third kappa shape index (κ3) is 11.4. The Labute approximate surface area is 272 Å². The van der Waals surface area contributed by atoms with Gasteiger partial charge in [0.25, 0.3) is 0 Å². The van der Waals surface area contributed by atoms with Crippen molar-refractivity contribution in [1.29, 1.82) is 5.26 Å². The van der Waals surface area contributed by atoms with E-state index in [4.69, 9.17) is 18.9 Å². The lowest BCUT2D eigenvalue weighted by atomic mass is 9.61. The molecule has 0 aliphatic carbocycles. The quantitative estimate of drug-likeness (QED) is 0.0760. The molecule has 1 atom stereocenters. The van der Waals surface area contributed by atoms with Gasteiger partial charge in [-0.2, -0.15) is 5.26 Å². The lowest BCUT2D eigenvalue weighted by Crippen LogP contribution is -2.44. The number of unbranched alkanes of at least 4 members (excludes halogenated alkanes) is 8. The van der Waals surface area contributed by atoms with Gasteiger partial charge in [0.05, 0.1) is 30.3 Å². The van der Waals surface area contributed by atoms with Crippen LogP contribution in [0.1, 0.15) is 124 Å². The van der Waals surface area contributed by atoms with E-state index in [1.807, 2.05) is 48.5 Å². The lowest BCUT2D eigenvalue weighted by Gasteiger charge is -2.43. The predicted molar refractivity (Wildman–Crippen MR) is 182 cm³/mol. The number of nitriles is 1. The van der Waals surface area contributed by atoms with E-state index in [-0.39, 0.29) is 23.6 Å². The topological polar surface area (TPSA) is 77.8 Å². The molecule has 0 saturated heterocycles. The van der Waals surface area contributed by atoms with Crippen LogP contribution in [0, 0.1) is 27.6 Å². The van der Waals surface area contributed by atoms with Gasteiger partial charge in [-0.05, 0) is 84.6 Å². The van der Waals surface area contributed by atoms with Crippen molar-refractivity contribution in [2.75, 3.05) is 20.0 Å². The molecule has 0 spiro atoms. The summed E-state index contributed by atoms with van der Waals surface area (Å²) in [6.07, 6.45) is 13.1. The fourth-order valence-corrected chi connectivity index (χ4v) is 5.73. The first-order chi connectivity index (χ1) is 21.3. The van der Waals surface area contributed by atoms with Crippen molar-refractivity contribution in [3.05, 3.63) is 53.6 Å². The summed E-state index contributed by atoms with van der Waals surface area (Å²) >= 11 is 0. The van der Waals surface area contributed by atoms with Gasteiger partial charge in [-0.15, -0.1) is 0 Å². The highest BCUT2D eigenvalue weighted by Crippen LogP contribution is 2.47. The van der Waals surface area contributed by atoms with Crippen LogP contribution in [0.15, 0.2) is 42.5 Å². The molecule has 0 N–H and O–H groups in total. The normalized spacial score (nSPS) is 14.5. The Kier molecular flexibility index (Phi) is 13.4. The fraction of sp³-hybridized carbons (Fsp3) is 0.590. The van der Waals surface area contributed by atoms with Crippen LogP contribution < -0.4 is 14.2 Å². The molecular formula is C39H55NO5. The van der Waals surface area contributed by atoms with Crippen LogP contribution in [-0.2, 0) is 9.53 Å². The van der Waals surface area contributed by atoms with Gasteiger partial charge in [0, 0.05) is 0 Å². The van der Waals surface area contributed by atoms with Gasteiger partial charge in [0.2, 0.25) is 6.79 Å². The van der Waals surface area contributed by atoms with E-state index < -0.39 is 5.41 Å². The average molecular weight is 618 g/mol. The maximum Gasteiger partial charge on any atom is 0.312 e. The van der Waals surface area contributed by atoms with E-state index in [9.17, 15) is 10.1 Å². The summed E-state index contributed by atoms with van der Waals surface area (Å²) in [4.78, 5) is 13.0. The Bertz CT molecular complexity index is 1290. The Morgan fingerprint density at radius 1 is 0.800 bits per heavy atom. The smallest absolute Gasteiger partial charge is 0.312 e. The molecule has 6 heteroatoms. The zero-order valence-electron chi connectivity index (χ0n) is 28.8. The number of rotatable bonds is 17. The van der Waals surface area contributed by atoms with E-state index in [1.165, 1.54) is 38.5 Å². The van der Waals surface area contributed by atoms with Gasteiger partial charge in [-0.1, -0.05) is 98.6 Å². The second kappa shape index (κ2) is 16.7. The molecule has 0 radical (unpaired) electrons. The van der Waals surface area contributed by atoms with Crippen LogP contribution in [0.3, 0.4) is 0 Å². The van der Waals surface area contributed by atoms with E-state index >= 15 is 0 Å². The number of carbonyl (C=O) groups is 1. The largest absolute Gasteiger partial charge is 0.494 e. The zero-order chi connectivity index (χ0) is 32.9. The molecule has 1 heterocycles. The van der Waals surface area contributed by atoms with Gasteiger partial charge < -0.3 is 18.9 Å². The van der Waals surface area contributed by atoms with Gasteiger partial charge in [-0.3, -0.25) is 4.79 Å². The molecule has 0 amide bonds. The highest BCUT2D eigenvalue weighted by molar-refractivity contribution is 5.90. The second-order valence-corrected chi connectivity index (χ2v) is 14.8. The van der Waals surface area contributed by atoms with Crippen LogP contribution >= 0.6 is 0 Å². The highest BCUT2D eigenvalue weighted by Gasteiger charge is 2.47. The maximum absolute atomic E-state index is 13.0. The predicted octanol–water partition coefficient (Wildman–Crippen LogP) is 10.4. The number of carbonyl (C=O) groups excluding carboxylic acids is 1. The zero-order valence-corrected chi connectivity index (χ0v) is 28.8. The van der Waals surface area contributed by atoms with Crippen LogP contribution in [0.2, 0.25) is 0 Å². The average Bonchev–Trinajstić information content (AvgIpc) is 3.45. The van der Waals surface area contributed by atoms with E-state index in [2.05, 4.69) is 54.5 Å². The van der Waals surface area contributed by atoms with Crippen molar-refractivity contribution in [3.63, 3.8) is 0 Å². The first-order valence-corrected chi connectivity index (χ1v) is 16.7. The summed E-state index contributed by atoms with van der Waals surface area (Å²) in [6.45, 7) is 16.5. The van der Waals surface area contributed by atoms with E-state index in [0.29, 0.717) is 30.3 Å². The lowest BCUT2D eigenvalue weighted by molar-refractivity contribution is -0.164. The molecule has 0 fully saturated rings. The van der Waals surface area contributed by atoms with E-state index in [1.54, 1.807) is 0 Å². The second-order valence-electron chi connectivity index (χ2n) is 14.8. The molecule has 2 aromatic rings. The number of ether oxygens (including phenoxy) is 4. The number of nitrogens with zero attached hydrogens (tertiary/aromatic N) is 1. The highest BCUT2D eigenvalue weighted by atomic mass is 16.7. The SMILES string of the molecule is CC(C)(C)CC(C)(C(=O)OCCCCCCCCCCCOc1ccc(C=C(C#N)c2ccc3c(c2)OCO3)cc1)C(C)(C)C. The number of allylic oxidation sites excluding steroid dienone is 1. The molecule has 45 heavy (non-hydrogen) atoms. The molecule has 1 aliphatic heterocycles. The number of hydrogen-bond acceptors (Lipinski definition) is 6. The third-order valence-electron chi connectivity index (χ3n) is 8.78. The summed E-state index contributed by atoms with van der Waals surface area (Å²) in [6, 6.07) is 15.7. The van der Waals surface area contributed by atoms with E-state index in [0.717, 1.165) is 42.6 Å². The number of fused-ring (bicyclic) bond motifs is 1. The third-order valence-corrected chi connectivity index (χ3v) is 8.78. The Balaban J connectivity index is 1.22. The molecule has 6 nitrogen and oxygen atoms in total. The summed E-state index contributed by atoms with van der Waals surface area (Å²) < 4.78 is 22.5. The van der Waals surface area contributed by atoms with Gasteiger partial charge in [0.1, 0.15) is 5.75 Å². The molecule has 246 valence electrons. The molecule has 0 aromatic heterocycles. The Hall–Kier alpha value is -3.46. The number of hydrogen-bond donors (Lipinski definition) is 0. The number of esters is 1. The minimum absolute atomic E-state index is 0.0499. The van der Waals surface area contributed by atoms with Crippen molar-refractivity contribution in [2.24, 2.45) is 16.2 Å². The van der Waals surface area contributed by atoms with Crippen molar-refractivity contribution in [2.45, 2.75) is 113 Å².